The van der Waals surface area contributed by atoms with E-state index in [0.717, 1.165) is 45.5 Å². The van der Waals surface area contributed by atoms with Gasteiger partial charge in [-0.15, -0.1) is 11.3 Å². The van der Waals surface area contributed by atoms with E-state index in [1.165, 1.54) is 0 Å². The Morgan fingerprint density at radius 1 is 1.23 bits per heavy atom. The Balaban J connectivity index is 1.56. The number of hydrogen-bond donors (Lipinski definition) is 1. The number of aryl methyl sites for hydroxylation is 3. The van der Waals surface area contributed by atoms with Crippen molar-refractivity contribution >= 4 is 34.3 Å². The average Bonchev–Trinajstić information content (AvgIpc) is 3.42. The first kappa shape index (κ1) is 20.2. The quantitative estimate of drug-likeness (QED) is 0.629. The molecule has 1 aliphatic rings. The summed E-state index contributed by atoms with van der Waals surface area (Å²) in [6, 6.07) is -0.115. The fraction of sp³-hybridized carbons (Fsp3) is 0.381. The van der Waals surface area contributed by atoms with E-state index in [1.807, 2.05) is 49.7 Å². The van der Waals surface area contributed by atoms with Crippen LogP contribution in [0.15, 0.2) is 24.7 Å². The second kappa shape index (κ2) is 8.35. The average molecular weight is 424 g/mol. The molecule has 8 nitrogen and oxygen atoms in total. The summed E-state index contributed by atoms with van der Waals surface area (Å²) in [4.78, 5) is 29.4. The van der Waals surface area contributed by atoms with E-state index in [4.69, 9.17) is 0 Å². The Labute approximate surface area is 179 Å². The van der Waals surface area contributed by atoms with Crippen molar-refractivity contribution in [3.8, 4) is 0 Å². The molecule has 9 heteroatoms. The number of aromatic nitrogens is 5. The van der Waals surface area contributed by atoms with Gasteiger partial charge in [-0.3, -0.25) is 14.5 Å². The van der Waals surface area contributed by atoms with Gasteiger partial charge in [-0.05, 0) is 39.7 Å². The molecule has 0 unspecified atom stereocenters. The van der Waals surface area contributed by atoms with Crippen LogP contribution < -0.4 is 5.32 Å². The Morgan fingerprint density at radius 3 is 2.73 bits per heavy atom. The summed E-state index contributed by atoms with van der Waals surface area (Å²) in [6.45, 7) is 6.66. The van der Waals surface area contributed by atoms with Crippen molar-refractivity contribution in [2.24, 2.45) is 7.05 Å². The third kappa shape index (κ3) is 3.97. The van der Waals surface area contributed by atoms with Crippen LogP contribution in [0.3, 0.4) is 0 Å². The molecular weight excluding hydrogens is 398 g/mol. The second-order valence-electron chi connectivity index (χ2n) is 7.42. The Bertz CT molecular complexity index is 1100. The van der Waals surface area contributed by atoms with Crippen LogP contribution in [0.1, 0.15) is 46.4 Å². The minimum atomic E-state index is -0.115. The first-order chi connectivity index (χ1) is 14.4. The van der Waals surface area contributed by atoms with Crippen molar-refractivity contribution in [3.63, 3.8) is 0 Å². The van der Waals surface area contributed by atoms with Crippen LogP contribution in [0.2, 0.25) is 0 Å². The molecule has 156 valence electrons. The van der Waals surface area contributed by atoms with E-state index in [-0.39, 0.29) is 11.9 Å². The standard InChI is InChI=1S/C21H25N7OS/c1-13-12-24-21(30-13)25-20-19(22-9-10-23-20)17-6-5-11-28(17)18(29)8-7-16-14(2)26-27(4)15(16)3/h7-10,12,17H,5-6,11H2,1-4H3,(H,23,24,25)/b8-7+/t17-/m0/s1. The highest BCUT2D eigenvalue weighted by molar-refractivity contribution is 7.15. The van der Waals surface area contributed by atoms with Crippen LogP contribution in [0.4, 0.5) is 10.9 Å². The third-order valence-electron chi connectivity index (χ3n) is 5.38. The molecule has 1 atom stereocenters. The molecule has 3 aromatic rings. The van der Waals surface area contributed by atoms with Crippen LogP contribution in [-0.4, -0.2) is 42.1 Å². The number of amides is 1. The summed E-state index contributed by atoms with van der Waals surface area (Å²) in [5.41, 5.74) is 3.71. The molecule has 1 amide bonds. The molecule has 0 saturated carbocycles. The number of carbonyl (C=O) groups is 1. The van der Waals surface area contributed by atoms with Crippen molar-refractivity contribution in [1.29, 1.82) is 0 Å². The van der Waals surface area contributed by atoms with Gasteiger partial charge in [-0.2, -0.15) is 5.10 Å². The summed E-state index contributed by atoms with van der Waals surface area (Å²) in [5, 5.41) is 8.45. The van der Waals surface area contributed by atoms with Crippen LogP contribution in [-0.2, 0) is 11.8 Å². The predicted octanol–water partition coefficient (Wildman–Crippen LogP) is 3.71. The van der Waals surface area contributed by atoms with Gasteiger partial charge in [0.15, 0.2) is 10.9 Å². The highest BCUT2D eigenvalue weighted by atomic mass is 32.1. The van der Waals surface area contributed by atoms with Crippen molar-refractivity contribution in [3.05, 3.63) is 52.2 Å². The van der Waals surface area contributed by atoms with E-state index in [2.05, 4.69) is 25.4 Å². The number of likely N-dealkylation sites (tertiary alicyclic amines) is 1. The lowest BCUT2D eigenvalue weighted by molar-refractivity contribution is -0.126. The summed E-state index contributed by atoms with van der Waals surface area (Å²) in [5.74, 6) is 0.626. The van der Waals surface area contributed by atoms with Gasteiger partial charge in [0, 0.05) is 54.4 Å². The lowest BCUT2D eigenvalue weighted by atomic mass is 10.1. The molecule has 4 rings (SSSR count). The number of nitrogens with zero attached hydrogens (tertiary/aromatic N) is 6. The predicted molar refractivity (Wildman–Crippen MR) is 118 cm³/mol. The number of hydrogen-bond acceptors (Lipinski definition) is 7. The second-order valence-corrected chi connectivity index (χ2v) is 8.66. The lowest BCUT2D eigenvalue weighted by Crippen LogP contribution is -2.30. The zero-order valence-electron chi connectivity index (χ0n) is 17.6. The molecule has 4 heterocycles. The molecule has 0 spiro atoms. The lowest BCUT2D eigenvalue weighted by Gasteiger charge is -2.24. The summed E-state index contributed by atoms with van der Waals surface area (Å²) < 4.78 is 1.83. The number of anilines is 2. The molecule has 1 saturated heterocycles. The molecule has 30 heavy (non-hydrogen) atoms. The van der Waals surface area contributed by atoms with Crippen LogP contribution in [0, 0.1) is 20.8 Å². The minimum absolute atomic E-state index is 0.0261. The maximum absolute atomic E-state index is 13.0. The largest absolute Gasteiger partial charge is 0.330 e. The van der Waals surface area contributed by atoms with E-state index in [1.54, 1.807) is 29.8 Å². The molecule has 0 radical (unpaired) electrons. The fourth-order valence-electron chi connectivity index (χ4n) is 3.80. The van der Waals surface area contributed by atoms with Gasteiger partial charge in [0.25, 0.3) is 0 Å². The normalized spacial score (nSPS) is 16.5. The summed E-state index contributed by atoms with van der Waals surface area (Å²) >= 11 is 1.56. The van der Waals surface area contributed by atoms with E-state index in [0.29, 0.717) is 12.4 Å². The number of rotatable bonds is 5. The van der Waals surface area contributed by atoms with Crippen molar-refractivity contribution in [2.75, 3.05) is 11.9 Å². The van der Waals surface area contributed by atoms with Gasteiger partial charge >= 0.3 is 0 Å². The monoisotopic (exact) mass is 423 g/mol. The van der Waals surface area contributed by atoms with Crippen molar-refractivity contribution in [1.82, 2.24) is 29.6 Å². The first-order valence-corrected chi connectivity index (χ1v) is 10.7. The number of carbonyl (C=O) groups excluding carboxylic acids is 1. The molecule has 0 aliphatic carbocycles. The van der Waals surface area contributed by atoms with Gasteiger partial charge in [0.05, 0.1) is 11.7 Å². The maximum Gasteiger partial charge on any atom is 0.247 e. The minimum Gasteiger partial charge on any atom is -0.330 e. The smallest absolute Gasteiger partial charge is 0.247 e. The van der Waals surface area contributed by atoms with E-state index >= 15 is 0 Å². The molecule has 3 aromatic heterocycles. The van der Waals surface area contributed by atoms with E-state index in [9.17, 15) is 4.79 Å². The summed E-state index contributed by atoms with van der Waals surface area (Å²) in [7, 11) is 1.91. The Morgan fingerprint density at radius 2 is 2.03 bits per heavy atom. The molecule has 0 aromatic carbocycles. The van der Waals surface area contributed by atoms with Crippen molar-refractivity contribution in [2.45, 2.75) is 39.7 Å². The van der Waals surface area contributed by atoms with Gasteiger partial charge in [0.2, 0.25) is 5.91 Å². The first-order valence-electron chi connectivity index (χ1n) is 9.93. The van der Waals surface area contributed by atoms with Crippen molar-refractivity contribution < 1.29 is 4.79 Å². The topological polar surface area (TPSA) is 88.8 Å². The zero-order valence-corrected chi connectivity index (χ0v) is 18.4. The maximum atomic E-state index is 13.0. The van der Waals surface area contributed by atoms with Gasteiger partial charge < -0.3 is 10.2 Å². The molecule has 1 aliphatic heterocycles. The zero-order chi connectivity index (χ0) is 21.3. The summed E-state index contributed by atoms with van der Waals surface area (Å²) in [6.07, 6.45) is 10.4. The SMILES string of the molecule is Cc1cnc(Nc2nccnc2[C@@H]2CCCN2C(=O)/C=C/c2c(C)nn(C)c2C)s1. The number of nitrogens with one attached hydrogen (secondary N) is 1. The van der Waals surface area contributed by atoms with Gasteiger partial charge in [-0.25, -0.2) is 9.97 Å². The van der Waals surface area contributed by atoms with Crippen LogP contribution >= 0.6 is 11.3 Å². The third-order valence-corrected chi connectivity index (χ3v) is 6.21. The van der Waals surface area contributed by atoms with Gasteiger partial charge in [0.1, 0.15) is 5.69 Å². The molecule has 1 N–H and O–H groups in total. The highest BCUT2D eigenvalue weighted by Gasteiger charge is 2.32. The molecular formula is C21H25N7OS. The van der Waals surface area contributed by atoms with Gasteiger partial charge in [-0.1, -0.05) is 0 Å². The van der Waals surface area contributed by atoms with E-state index < -0.39 is 0 Å². The Hall–Kier alpha value is -3.07. The molecule has 0 bridgehead atoms. The van der Waals surface area contributed by atoms with Crippen LogP contribution in [0.5, 0.6) is 0 Å². The Kier molecular flexibility index (Phi) is 5.63. The van der Waals surface area contributed by atoms with Crippen LogP contribution in [0.25, 0.3) is 6.08 Å². The molecule has 1 fully saturated rings. The highest BCUT2D eigenvalue weighted by Crippen LogP contribution is 2.35. The number of thiazole rings is 1. The fourth-order valence-corrected chi connectivity index (χ4v) is 4.46.